The minimum absolute atomic E-state index is 0.123. The maximum absolute atomic E-state index is 13.3. The predicted octanol–water partition coefficient (Wildman–Crippen LogP) is 1.55. The quantitative estimate of drug-likeness (QED) is 0.629. The summed E-state index contributed by atoms with van der Waals surface area (Å²) in [4.78, 5) is 45.9. The first-order valence-corrected chi connectivity index (χ1v) is 12.6. The molecule has 3 aliphatic rings. The molecule has 3 atom stereocenters. The van der Waals surface area contributed by atoms with Gasteiger partial charge in [0, 0.05) is 40.3 Å². The van der Waals surface area contributed by atoms with Crippen LogP contribution in [-0.4, -0.2) is 108 Å². The standard InChI is InChI=1S/C26H38N4O5/c1-19-23(32)30(16-15-29(19)25(34)35-18-20-7-5-4-6-8-20)21(24(33)27(2)3)9-13-28-14-12-26(10-11-26)22(31)17-28/h4-8,19,21-22,31H,9-18H2,1-3H3/t19?,21-,22?/m0/s1. The maximum atomic E-state index is 13.3. The van der Waals surface area contributed by atoms with Crippen molar-refractivity contribution in [3.63, 3.8) is 0 Å². The van der Waals surface area contributed by atoms with Gasteiger partial charge in [0.05, 0.1) is 6.10 Å². The van der Waals surface area contributed by atoms with Gasteiger partial charge in [-0.15, -0.1) is 0 Å². The van der Waals surface area contributed by atoms with Crippen molar-refractivity contribution >= 4 is 17.9 Å². The average Bonchev–Trinajstić information content (AvgIpc) is 3.63. The molecule has 192 valence electrons. The Hall–Kier alpha value is -2.65. The summed E-state index contributed by atoms with van der Waals surface area (Å²) < 4.78 is 5.44. The molecule has 0 aromatic heterocycles. The average molecular weight is 487 g/mol. The van der Waals surface area contributed by atoms with Gasteiger partial charge in [0.1, 0.15) is 18.7 Å². The van der Waals surface area contributed by atoms with Crippen molar-refractivity contribution in [2.75, 3.05) is 46.8 Å². The van der Waals surface area contributed by atoms with Crippen molar-refractivity contribution in [1.29, 1.82) is 0 Å². The molecule has 0 bridgehead atoms. The highest BCUT2D eigenvalue weighted by Crippen LogP contribution is 2.53. The molecule has 1 aromatic rings. The number of aliphatic hydroxyl groups excluding tert-OH is 1. The van der Waals surface area contributed by atoms with Crippen LogP contribution in [0, 0.1) is 5.41 Å². The molecule has 3 fully saturated rings. The zero-order chi connectivity index (χ0) is 25.2. The summed E-state index contributed by atoms with van der Waals surface area (Å²) in [5.41, 5.74) is 1.01. The summed E-state index contributed by atoms with van der Waals surface area (Å²) in [7, 11) is 3.39. The van der Waals surface area contributed by atoms with E-state index in [1.165, 1.54) is 9.80 Å². The van der Waals surface area contributed by atoms with Crippen LogP contribution < -0.4 is 0 Å². The lowest BCUT2D eigenvalue weighted by molar-refractivity contribution is -0.151. The van der Waals surface area contributed by atoms with Gasteiger partial charge in [-0.2, -0.15) is 0 Å². The molecular formula is C26H38N4O5. The van der Waals surface area contributed by atoms with E-state index >= 15 is 0 Å². The van der Waals surface area contributed by atoms with E-state index in [9.17, 15) is 19.5 Å². The normalized spacial score (nSPS) is 24.9. The van der Waals surface area contributed by atoms with Gasteiger partial charge in [0.15, 0.2) is 0 Å². The Bertz CT molecular complexity index is 920. The van der Waals surface area contributed by atoms with Crippen molar-refractivity contribution in [3.8, 4) is 0 Å². The van der Waals surface area contributed by atoms with Gasteiger partial charge < -0.3 is 24.5 Å². The Morgan fingerprint density at radius 2 is 1.86 bits per heavy atom. The number of nitrogens with zero attached hydrogens (tertiary/aromatic N) is 4. The Balaban J connectivity index is 1.36. The number of carbonyl (C=O) groups is 3. The minimum Gasteiger partial charge on any atom is -0.445 e. The summed E-state index contributed by atoms with van der Waals surface area (Å²) in [6, 6.07) is 8.10. The van der Waals surface area contributed by atoms with Crippen LogP contribution in [0.1, 0.15) is 38.2 Å². The molecule has 1 aromatic carbocycles. The number of carbonyl (C=O) groups excluding carboxylic acids is 3. The Morgan fingerprint density at radius 3 is 2.49 bits per heavy atom. The molecule has 9 nitrogen and oxygen atoms in total. The smallest absolute Gasteiger partial charge is 0.410 e. The van der Waals surface area contributed by atoms with Crippen LogP contribution in [0.5, 0.6) is 0 Å². The molecular weight excluding hydrogens is 448 g/mol. The van der Waals surface area contributed by atoms with Crippen molar-refractivity contribution in [3.05, 3.63) is 35.9 Å². The molecule has 3 amide bonds. The molecule has 4 rings (SSSR count). The first-order chi connectivity index (χ1) is 16.7. The van der Waals surface area contributed by atoms with E-state index in [-0.39, 0.29) is 36.5 Å². The fraction of sp³-hybridized carbons (Fsp3) is 0.654. The molecule has 2 heterocycles. The number of benzene rings is 1. The summed E-state index contributed by atoms with van der Waals surface area (Å²) in [5.74, 6) is -0.370. The third kappa shape index (κ3) is 5.62. The van der Waals surface area contributed by atoms with E-state index in [0.717, 1.165) is 31.4 Å². The zero-order valence-corrected chi connectivity index (χ0v) is 21.1. The molecule has 2 saturated heterocycles. The van der Waals surface area contributed by atoms with Crippen LogP contribution in [0.3, 0.4) is 0 Å². The van der Waals surface area contributed by atoms with E-state index in [0.29, 0.717) is 26.1 Å². The molecule has 1 N–H and O–H groups in total. The number of likely N-dealkylation sites (tertiary alicyclic amines) is 1. The van der Waals surface area contributed by atoms with Gasteiger partial charge in [0.2, 0.25) is 11.8 Å². The third-order valence-electron chi connectivity index (χ3n) is 7.91. The molecule has 1 saturated carbocycles. The van der Waals surface area contributed by atoms with Gasteiger partial charge >= 0.3 is 6.09 Å². The third-order valence-corrected chi connectivity index (χ3v) is 7.91. The number of hydrogen-bond acceptors (Lipinski definition) is 6. The first-order valence-electron chi connectivity index (χ1n) is 12.6. The van der Waals surface area contributed by atoms with Crippen LogP contribution in [0.15, 0.2) is 30.3 Å². The van der Waals surface area contributed by atoms with E-state index in [1.807, 2.05) is 30.3 Å². The van der Waals surface area contributed by atoms with Gasteiger partial charge in [-0.05, 0) is 50.1 Å². The summed E-state index contributed by atoms with van der Waals surface area (Å²) in [6.45, 7) is 4.58. The van der Waals surface area contributed by atoms with Gasteiger partial charge in [-0.25, -0.2) is 4.79 Å². The van der Waals surface area contributed by atoms with Crippen molar-refractivity contribution in [2.24, 2.45) is 5.41 Å². The lowest BCUT2D eigenvalue weighted by Gasteiger charge is -2.43. The second kappa shape index (κ2) is 10.5. The molecule has 2 unspecified atom stereocenters. The molecule has 9 heteroatoms. The van der Waals surface area contributed by atoms with Crippen LogP contribution >= 0.6 is 0 Å². The highest BCUT2D eigenvalue weighted by atomic mass is 16.6. The number of hydrogen-bond donors (Lipinski definition) is 1. The Morgan fingerprint density at radius 1 is 1.14 bits per heavy atom. The Labute approximate surface area is 207 Å². The minimum atomic E-state index is -0.712. The fourth-order valence-corrected chi connectivity index (χ4v) is 5.29. The van der Waals surface area contributed by atoms with Crippen LogP contribution in [0.4, 0.5) is 4.79 Å². The number of β-amino-alcohol motifs (C(OH)–C–C–N with tert-alkyl or cyclic N) is 1. The van der Waals surface area contributed by atoms with Gasteiger partial charge in [0.25, 0.3) is 0 Å². The monoisotopic (exact) mass is 486 g/mol. The summed E-state index contributed by atoms with van der Waals surface area (Å²) >= 11 is 0. The van der Waals surface area contributed by atoms with Crippen LogP contribution in [-0.2, 0) is 20.9 Å². The van der Waals surface area contributed by atoms with E-state index in [2.05, 4.69) is 4.90 Å². The van der Waals surface area contributed by atoms with Crippen molar-refractivity contribution < 1.29 is 24.2 Å². The molecule has 1 spiro atoms. The number of likely N-dealkylation sites (N-methyl/N-ethyl adjacent to an activating group) is 1. The number of rotatable bonds is 7. The van der Waals surface area contributed by atoms with Crippen molar-refractivity contribution in [1.82, 2.24) is 19.6 Å². The lowest BCUT2D eigenvalue weighted by Crippen LogP contribution is -2.62. The fourth-order valence-electron chi connectivity index (χ4n) is 5.29. The second-order valence-corrected chi connectivity index (χ2v) is 10.4. The molecule has 1 aliphatic carbocycles. The van der Waals surface area contributed by atoms with E-state index in [4.69, 9.17) is 4.74 Å². The first kappa shape index (κ1) is 25.4. The largest absolute Gasteiger partial charge is 0.445 e. The van der Waals surface area contributed by atoms with Gasteiger partial charge in [-0.1, -0.05) is 30.3 Å². The summed E-state index contributed by atoms with van der Waals surface area (Å²) in [6.07, 6.45) is 2.85. The topological polar surface area (TPSA) is 93.6 Å². The number of piperidine rings is 1. The highest BCUT2D eigenvalue weighted by Gasteiger charge is 2.51. The van der Waals surface area contributed by atoms with E-state index < -0.39 is 18.2 Å². The van der Waals surface area contributed by atoms with Crippen LogP contribution in [0.25, 0.3) is 0 Å². The number of ether oxygens (including phenoxy) is 1. The second-order valence-electron chi connectivity index (χ2n) is 10.4. The lowest BCUT2D eigenvalue weighted by atomic mass is 9.90. The SMILES string of the molecule is CC1C(=O)N([C@@H](CCN2CCC3(CC3)C(O)C2)C(=O)N(C)C)CCN1C(=O)OCc1ccccc1. The number of amides is 3. The number of aliphatic hydroxyl groups is 1. The molecule has 2 aliphatic heterocycles. The zero-order valence-electron chi connectivity index (χ0n) is 21.1. The number of piperazine rings is 1. The maximum Gasteiger partial charge on any atom is 0.410 e. The molecule has 35 heavy (non-hydrogen) atoms. The van der Waals surface area contributed by atoms with Gasteiger partial charge in [-0.3, -0.25) is 14.5 Å². The summed E-state index contributed by atoms with van der Waals surface area (Å²) in [5, 5.41) is 10.5. The van der Waals surface area contributed by atoms with Crippen molar-refractivity contribution in [2.45, 2.75) is 57.4 Å². The van der Waals surface area contributed by atoms with Crippen LogP contribution in [0.2, 0.25) is 0 Å². The predicted molar refractivity (Wildman–Crippen MR) is 130 cm³/mol. The highest BCUT2D eigenvalue weighted by molar-refractivity contribution is 5.91. The molecule has 0 radical (unpaired) electrons. The van der Waals surface area contributed by atoms with E-state index in [1.54, 1.807) is 25.9 Å². The Kier molecular flexibility index (Phi) is 7.66.